The monoisotopic (exact) mass is 793 g/mol. The van der Waals surface area contributed by atoms with Crippen molar-refractivity contribution in [1.82, 2.24) is 0 Å². The van der Waals surface area contributed by atoms with E-state index in [2.05, 4.69) is 241 Å². The first-order chi connectivity index (χ1) is 30.3. The minimum atomic E-state index is -0.516. The van der Waals surface area contributed by atoms with Crippen molar-refractivity contribution in [2.75, 3.05) is 4.90 Å². The normalized spacial score (nSPS) is 12.7. The highest BCUT2D eigenvalue weighted by molar-refractivity contribution is 7.26. The fraction of sp³-hybridized carbons (Fsp3) is 0.0169. The number of rotatable bonds is 7. The third-order valence-corrected chi connectivity index (χ3v) is 14.0. The molecule has 1 nitrogen and oxygen atoms in total. The number of benzene rings is 10. The topological polar surface area (TPSA) is 3.24 Å². The third-order valence-electron chi connectivity index (χ3n) is 12.7. The summed E-state index contributed by atoms with van der Waals surface area (Å²) in [4.78, 5) is 2.48. The molecule has 0 saturated carbocycles. The molecule has 1 aliphatic rings. The van der Waals surface area contributed by atoms with E-state index in [1.165, 1.54) is 86.6 Å². The number of hydrogen-bond donors (Lipinski definition) is 0. The average Bonchev–Trinajstić information content (AvgIpc) is 3.86. The SMILES string of the molecule is c1ccc(C2(c3ccccc3)c3ccccc3-c3ccc(N(c4ccc(-c5ccc6ccccc6c5)cc4)c4ccccc4-c4cccc5c4sc4ccccc45)cc32)cc1. The predicted molar refractivity (Wildman–Crippen MR) is 260 cm³/mol. The quantitative estimate of drug-likeness (QED) is 0.155. The van der Waals surface area contributed by atoms with E-state index in [-0.39, 0.29) is 0 Å². The first-order valence-corrected chi connectivity index (χ1v) is 21.8. The number of nitrogens with zero attached hydrogens (tertiary/aromatic N) is 1. The Balaban J connectivity index is 1.10. The third kappa shape index (κ3) is 5.60. The Morgan fingerprint density at radius 2 is 0.934 bits per heavy atom. The Morgan fingerprint density at radius 1 is 0.344 bits per heavy atom. The Kier molecular flexibility index (Phi) is 8.33. The second kappa shape index (κ2) is 14.3. The van der Waals surface area contributed by atoms with Gasteiger partial charge in [0.2, 0.25) is 0 Å². The highest BCUT2D eigenvalue weighted by Crippen LogP contribution is 2.57. The Labute approximate surface area is 360 Å². The predicted octanol–water partition coefficient (Wildman–Crippen LogP) is 16.4. The zero-order chi connectivity index (χ0) is 40.3. The van der Waals surface area contributed by atoms with E-state index in [1.54, 1.807) is 0 Å². The van der Waals surface area contributed by atoms with Crippen molar-refractivity contribution < 1.29 is 0 Å². The Hall–Kier alpha value is -7.52. The lowest BCUT2D eigenvalue weighted by Crippen LogP contribution is -2.28. The Morgan fingerprint density at radius 3 is 1.74 bits per heavy atom. The molecule has 0 aliphatic heterocycles. The molecule has 12 rings (SSSR count). The van der Waals surface area contributed by atoms with Crippen LogP contribution >= 0.6 is 11.3 Å². The maximum Gasteiger partial charge on any atom is 0.0714 e. The van der Waals surface area contributed by atoms with Crippen LogP contribution in [0.4, 0.5) is 17.1 Å². The van der Waals surface area contributed by atoms with Crippen LogP contribution in [0.1, 0.15) is 22.3 Å². The number of para-hydroxylation sites is 1. The summed E-state index contributed by atoms with van der Waals surface area (Å²) in [6, 6.07) is 87.4. The van der Waals surface area contributed by atoms with Gasteiger partial charge >= 0.3 is 0 Å². The van der Waals surface area contributed by atoms with Crippen LogP contribution in [-0.4, -0.2) is 0 Å². The number of thiophene rings is 1. The van der Waals surface area contributed by atoms with E-state index >= 15 is 0 Å². The highest BCUT2D eigenvalue weighted by atomic mass is 32.1. The summed E-state index contributed by atoms with van der Waals surface area (Å²) in [5.41, 5.74) is 15.3. The van der Waals surface area contributed by atoms with Crippen LogP contribution in [0.2, 0.25) is 0 Å². The molecule has 2 heteroatoms. The molecule has 0 radical (unpaired) electrons. The molecule has 1 heterocycles. The first kappa shape index (κ1) is 35.4. The Bertz CT molecular complexity index is 3380. The number of anilines is 3. The molecule has 0 atom stereocenters. The van der Waals surface area contributed by atoms with Gasteiger partial charge in [0, 0.05) is 42.7 Å². The molecule has 61 heavy (non-hydrogen) atoms. The molecule has 1 aromatic heterocycles. The molecular weight excluding hydrogens is 755 g/mol. The van der Waals surface area contributed by atoms with Crippen molar-refractivity contribution in [3.63, 3.8) is 0 Å². The minimum Gasteiger partial charge on any atom is -0.310 e. The lowest BCUT2D eigenvalue weighted by atomic mass is 9.67. The largest absolute Gasteiger partial charge is 0.310 e. The van der Waals surface area contributed by atoms with Crippen molar-refractivity contribution in [3.8, 4) is 33.4 Å². The highest BCUT2D eigenvalue weighted by Gasteiger charge is 2.46. The lowest BCUT2D eigenvalue weighted by Gasteiger charge is -2.35. The van der Waals surface area contributed by atoms with Crippen LogP contribution in [0.25, 0.3) is 64.3 Å². The van der Waals surface area contributed by atoms with Gasteiger partial charge in [-0.3, -0.25) is 0 Å². The summed E-state index contributed by atoms with van der Waals surface area (Å²) in [5.74, 6) is 0. The second-order valence-corrected chi connectivity index (χ2v) is 17.1. The zero-order valence-electron chi connectivity index (χ0n) is 33.4. The van der Waals surface area contributed by atoms with E-state index in [0.717, 1.165) is 17.1 Å². The lowest BCUT2D eigenvalue weighted by molar-refractivity contribution is 0.768. The van der Waals surface area contributed by atoms with E-state index in [9.17, 15) is 0 Å². The number of hydrogen-bond acceptors (Lipinski definition) is 2. The van der Waals surface area contributed by atoms with Crippen LogP contribution in [0.5, 0.6) is 0 Å². The van der Waals surface area contributed by atoms with Gasteiger partial charge in [0.05, 0.1) is 11.1 Å². The van der Waals surface area contributed by atoms with Crippen molar-refractivity contribution in [1.29, 1.82) is 0 Å². The number of fused-ring (bicyclic) bond motifs is 7. The molecule has 1 aliphatic carbocycles. The van der Waals surface area contributed by atoms with Gasteiger partial charge in [-0.2, -0.15) is 0 Å². The van der Waals surface area contributed by atoms with Crippen LogP contribution in [0.3, 0.4) is 0 Å². The van der Waals surface area contributed by atoms with Crippen molar-refractivity contribution in [3.05, 3.63) is 259 Å². The maximum atomic E-state index is 2.48. The van der Waals surface area contributed by atoms with Gasteiger partial charge in [-0.25, -0.2) is 0 Å². The second-order valence-electron chi connectivity index (χ2n) is 16.0. The van der Waals surface area contributed by atoms with Gasteiger partial charge in [0.1, 0.15) is 0 Å². The van der Waals surface area contributed by atoms with E-state index in [0.29, 0.717) is 0 Å². The van der Waals surface area contributed by atoms with E-state index < -0.39 is 5.41 Å². The summed E-state index contributed by atoms with van der Waals surface area (Å²) in [5, 5.41) is 5.10. The van der Waals surface area contributed by atoms with Crippen LogP contribution in [-0.2, 0) is 5.41 Å². The van der Waals surface area contributed by atoms with Crippen molar-refractivity contribution >= 4 is 59.3 Å². The molecule has 0 bridgehead atoms. The maximum absolute atomic E-state index is 2.48. The molecule has 10 aromatic carbocycles. The molecule has 0 amide bonds. The van der Waals surface area contributed by atoms with E-state index in [1.807, 2.05) is 11.3 Å². The first-order valence-electron chi connectivity index (χ1n) is 21.0. The molecule has 0 saturated heterocycles. The van der Waals surface area contributed by atoms with Crippen molar-refractivity contribution in [2.45, 2.75) is 5.41 Å². The summed E-state index contributed by atoms with van der Waals surface area (Å²) in [6.07, 6.45) is 0. The standard InChI is InChI=1S/C59H39NS/c1-3-18-44(19-4-1)59(45-20-5-2-6-21-45)54-27-12-9-22-48(54)49-37-36-47(39-55(49)59)60(46-34-32-41(33-35-46)43-31-30-40-16-7-8-17-42(40)38-43)56-28-13-10-23-50(56)52-25-15-26-53-51-24-11-14-29-57(51)61-58(52)53/h1-39H. The summed E-state index contributed by atoms with van der Waals surface area (Å²) in [7, 11) is 0. The molecule has 0 unspecified atom stereocenters. The summed E-state index contributed by atoms with van der Waals surface area (Å²) < 4.78 is 2.61. The van der Waals surface area contributed by atoms with E-state index in [4.69, 9.17) is 0 Å². The van der Waals surface area contributed by atoms with Gasteiger partial charge < -0.3 is 4.90 Å². The van der Waals surface area contributed by atoms with Gasteiger partial charge in [-0.1, -0.05) is 194 Å². The van der Waals surface area contributed by atoms with Crippen LogP contribution < -0.4 is 4.90 Å². The van der Waals surface area contributed by atoms with Crippen LogP contribution in [0.15, 0.2) is 237 Å². The zero-order valence-corrected chi connectivity index (χ0v) is 34.2. The van der Waals surface area contributed by atoms with Gasteiger partial charge in [-0.15, -0.1) is 11.3 Å². The molecular formula is C59H39NS. The van der Waals surface area contributed by atoms with Gasteiger partial charge in [0.15, 0.2) is 0 Å². The average molecular weight is 794 g/mol. The van der Waals surface area contributed by atoms with Gasteiger partial charge in [0.25, 0.3) is 0 Å². The summed E-state index contributed by atoms with van der Waals surface area (Å²) >= 11 is 1.88. The molecule has 0 N–H and O–H groups in total. The molecule has 0 fully saturated rings. The van der Waals surface area contributed by atoms with Gasteiger partial charge in [-0.05, 0) is 97.7 Å². The van der Waals surface area contributed by atoms with Crippen LogP contribution in [0, 0.1) is 0 Å². The molecule has 11 aromatic rings. The molecule has 0 spiro atoms. The van der Waals surface area contributed by atoms with Crippen molar-refractivity contribution in [2.24, 2.45) is 0 Å². The smallest absolute Gasteiger partial charge is 0.0714 e. The molecule has 286 valence electrons. The summed E-state index contributed by atoms with van der Waals surface area (Å²) in [6.45, 7) is 0. The fourth-order valence-corrected chi connectivity index (χ4v) is 11.3. The minimum absolute atomic E-state index is 0.516. The fourth-order valence-electron chi connectivity index (χ4n) is 10.0.